The summed E-state index contributed by atoms with van der Waals surface area (Å²) in [6, 6.07) is 4.30. The van der Waals surface area contributed by atoms with Crippen molar-refractivity contribution in [1.29, 1.82) is 0 Å². The minimum absolute atomic E-state index is 0.201. The summed E-state index contributed by atoms with van der Waals surface area (Å²) in [5, 5.41) is 0. The van der Waals surface area contributed by atoms with Crippen molar-refractivity contribution in [3.63, 3.8) is 0 Å². The summed E-state index contributed by atoms with van der Waals surface area (Å²) in [5.74, 6) is -0.879. The van der Waals surface area contributed by atoms with Gasteiger partial charge in [-0.3, -0.25) is 0 Å². The van der Waals surface area contributed by atoms with Crippen molar-refractivity contribution in [2.45, 2.75) is 13.0 Å². The fourth-order valence-corrected chi connectivity index (χ4v) is 2.41. The number of nitrogens with zero attached hydrogens (tertiary/aromatic N) is 2. The van der Waals surface area contributed by atoms with Crippen LogP contribution >= 0.6 is 11.7 Å². The second-order valence-corrected chi connectivity index (χ2v) is 4.27. The van der Waals surface area contributed by atoms with Crippen LogP contribution in [-0.4, -0.2) is 14.7 Å². The van der Waals surface area contributed by atoms with Gasteiger partial charge in [-0.05, 0) is 25.1 Å². The number of cyclic esters (lactones) is 1. The van der Waals surface area contributed by atoms with Gasteiger partial charge in [-0.25, -0.2) is 9.18 Å². The van der Waals surface area contributed by atoms with Crippen LogP contribution in [0.15, 0.2) is 18.2 Å². The molecule has 0 bridgehead atoms. The summed E-state index contributed by atoms with van der Waals surface area (Å²) in [6.45, 7) is 1.70. The zero-order valence-corrected chi connectivity index (χ0v) is 9.62. The number of hydrogen-bond donors (Lipinski definition) is 0. The van der Waals surface area contributed by atoms with Crippen molar-refractivity contribution >= 4 is 17.7 Å². The van der Waals surface area contributed by atoms with Gasteiger partial charge in [0, 0.05) is 11.1 Å². The molecule has 0 N–H and O–H groups in total. The van der Waals surface area contributed by atoms with Crippen LogP contribution in [0.25, 0.3) is 11.3 Å². The quantitative estimate of drug-likeness (QED) is 0.674. The van der Waals surface area contributed by atoms with Crippen molar-refractivity contribution in [2.75, 3.05) is 0 Å². The smallest absolute Gasteiger partial charge is 0.361 e. The average molecular weight is 250 g/mol. The lowest BCUT2D eigenvalue weighted by molar-refractivity contribution is 0.0340. The Morgan fingerprint density at radius 1 is 1.35 bits per heavy atom. The van der Waals surface area contributed by atoms with Gasteiger partial charge in [-0.15, -0.1) is 0 Å². The van der Waals surface area contributed by atoms with Crippen LogP contribution in [0.4, 0.5) is 4.39 Å². The molecule has 17 heavy (non-hydrogen) atoms. The van der Waals surface area contributed by atoms with Gasteiger partial charge >= 0.3 is 5.97 Å². The minimum Gasteiger partial charge on any atom is -0.453 e. The number of fused-ring (bicyclic) bond motifs is 3. The predicted octanol–water partition coefficient (Wildman–Crippen LogP) is 2.58. The van der Waals surface area contributed by atoms with Crippen molar-refractivity contribution in [3.8, 4) is 11.3 Å². The number of carbonyl (C=O) groups excluding carboxylic acids is 1. The topological polar surface area (TPSA) is 52.1 Å². The second-order valence-electron chi connectivity index (χ2n) is 3.74. The maximum atomic E-state index is 13.2. The molecule has 1 aliphatic rings. The summed E-state index contributed by atoms with van der Waals surface area (Å²) in [4.78, 5) is 11.7. The molecule has 0 fully saturated rings. The van der Waals surface area contributed by atoms with Gasteiger partial charge in [0.1, 0.15) is 17.6 Å². The highest BCUT2D eigenvalue weighted by atomic mass is 32.1. The molecule has 0 unspecified atom stereocenters. The molecule has 6 heteroatoms. The van der Waals surface area contributed by atoms with Gasteiger partial charge in [0.15, 0.2) is 5.69 Å². The first-order chi connectivity index (χ1) is 8.16. The van der Waals surface area contributed by atoms with E-state index >= 15 is 0 Å². The molecular formula is C11H7FN2O2S. The highest BCUT2D eigenvalue weighted by Crippen LogP contribution is 2.35. The van der Waals surface area contributed by atoms with Crippen LogP contribution in [0.2, 0.25) is 0 Å². The number of rotatable bonds is 0. The van der Waals surface area contributed by atoms with Crippen molar-refractivity contribution < 1.29 is 13.9 Å². The van der Waals surface area contributed by atoms with Gasteiger partial charge in [-0.1, -0.05) is 0 Å². The fraction of sp³-hybridized carbons (Fsp3) is 0.182. The van der Waals surface area contributed by atoms with E-state index in [4.69, 9.17) is 4.74 Å². The number of halogens is 1. The number of ether oxygens (including phenoxy) is 1. The summed E-state index contributed by atoms with van der Waals surface area (Å²) >= 11 is 0.943. The highest BCUT2D eigenvalue weighted by Gasteiger charge is 2.29. The number of benzene rings is 1. The van der Waals surface area contributed by atoms with E-state index in [0.717, 1.165) is 11.7 Å². The zero-order chi connectivity index (χ0) is 12.0. The lowest BCUT2D eigenvalue weighted by Crippen LogP contribution is -2.07. The van der Waals surface area contributed by atoms with Crippen LogP contribution < -0.4 is 0 Å². The Balaban J connectivity index is 2.31. The van der Waals surface area contributed by atoms with Gasteiger partial charge in [-0.2, -0.15) is 8.75 Å². The highest BCUT2D eigenvalue weighted by molar-refractivity contribution is 6.99. The normalized spacial score (nSPS) is 18.0. The average Bonchev–Trinajstić information content (AvgIpc) is 2.74. The van der Waals surface area contributed by atoms with Gasteiger partial charge in [0.05, 0.1) is 11.7 Å². The molecule has 0 aliphatic carbocycles. The fourth-order valence-electron chi connectivity index (χ4n) is 1.86. The van der Waals surface area contributed by atoms with E-state index < -0.39 is 12.1 Å². The maximum Gasteiger partial charge on any atom is 0.361 e. The molecule has 1 aliphatic heterocycles. The number of esters is 1. The van der Waals surface area contributed by atoms with E-state index in [0.29, 0.717) is 16.8 Å². The third-order valence-corrected chi connectivity index (χ3v) is 3.20. The Morgan fingerprint density at radius 2 is 2.12 bits per heavy atom. The molecule has 1 aromatic heterocycles. The molecule has 1 atom stereocenters. The van der Waals surface area contributed by atoms with Crippen molar-refractivity contribution in [3.05, 3.63) is 35.3 Å². The SMILES string of the molecule is C[C@H]1OC(=O)c2nsnc2-c2ccc(F)cc21. The molecule has 0 radical (unpaired) electrons. The van der Waals surface area contributed by atoms with E-state index in [2.05, 4.69) is 8.75 Å². The molecule has 1 aromatic carbocycles. The van der Waals surface area contributed by atoms with Crippen LogP contribution in [0.3, 0.4) is 0 Å². The lowest BCUT2D eigenvalue weighted by Gasteiger charge is -2.12. The summed E-state index contributed by atoms with van der Waals surface area (Å²) in [7, 11) is 0. The van der Waals surface area contributed by atoms with E-state index in [1.807, 2.05) is 0 Å². The molecule has 0 saturated carbocycles. The molecule has 2 heterocycles. The first-order valence-corrected chi connectivity index (χ1v) is 5.73. The molecule has 2 aromatic rings. The Morgan fingerprint density at radius 3 is 2.94 bits per heavy atom. The monoisotopic (exact) mass is 250 g/mol. The Bertz CT molecular complexity index is 611. The maximum absolute atomic E-state index is 13.2. The van der Waals surface area contributed by atoms with E-state index in [1.54, 1.807) is 13.0 Å². The van der Waals surface area contributed by atoms with Crippen LogP contribution in [-0.2, 0) is 4.74 Å². The number of aromatic nitrogens is 2. The predicted molar refractivity (Wildman–Crippen MR) is 59.1 cm³/mol. The van der Waals surface area contributed by atoms with Crippen molar-refractivity contribution in [2.24, 2.45) is 0 Å². The Labute approximate surface area is 100 Å². The summed E-state index contributed by atoms with van der Waals surface area (Å²) in [6.07, 6.45) is -0.505. The summed E-state index contributed by atoms with van der Waals surface area (Å²) < 4.78 is 26.4. The van der Waals surface area contributed by atoms with E-state index in [9.17, 15) is 9.18 Å². The van der Waals surface area contributed by atoms with Gasteiger partial charge in [0.25, 0.3) is 0 Å². The van der Waals surface area contributed by atoms with E-state index in [1.165, 1.54) is 12.1 Å². The summed E-state index contributed by atoms with van der Waals surface area (Å²) in [5.41, 5.74) is 1.99. The zero-order valence-electron chi connectivity index (χ0n) is 8.81. The Kier molecular flexibility index (Phi) is 2.19. The van der Waals surface area contributed by atoms with E-state index in [-0.39, 0.29) is 11.5 Å². The minimum atomic E-state index is -0.516. The molecule has 0 spiro atoms. The Hall–Kier alpha value is -1.82. The first-order valence-electron chi connectivity index (χ1n) is 5.00. The van der Waals surface area contributed by atoms with Crippen LogP contribution in [0, 0.1) is 5.82 Å². The molecule has 0 amide bonds. The lowest BCUT2D eigenvalue weighted by atomic mass is 10.0. The third kappa shape index (κ3) is 1.52. The van der Waals surface area contributed by atoms with Gasteiger partial charge in [0.2, 0.25) is 0 Å². The second kappa shape index (κ2) is 3.59. The van der Waals surface area contributed by atoms with Crippen LogP contribution in [0.1, 0.15) is 29.1 Å². The van der Waals surface area contributed by atoms with Gasteiger partial charge < -0.3 is 4.74 Å². The van der Waals surface area contributed by atoms with Crippen LogP contribution in [0.5, 0.6) is 0 Å². The molecule has 4 nitrogen and oxygen atoms in total. The number of carbonyl (C=O) groups is 1. The molecule has 0 saturated heterocycles. The standard InChI is InChI=1S/C11H7FN2O2S/c1-5-8-4-6(12)2-3-7(8)9-10(11(15)16-5)14-17-13-9/h2-5H,1H3/t5-/m1/s1. The first kappa shape index (κ1) is 10.3. The number of hydrogen-bond acceptors (Lipinski definition) is 5. The largest absolute Gasteiger partial charge is 0.453 e. The third-order valence-electron chi connectivity index (χ3n) is 2.67. The molecule has 3 rings (SSSR count). The molecule has 86 valence electrons. The van der Waals surface area contributed by atoms with Crippen molar-refractivity contribution in [1.82, 2.24) is 8.75 Å². The molecular weight excluding hydrogens is 243 g/mol.